The van der Waals surface area contributed by atoms with Crippen LogP contribution in [0.25, 0.3) is 0 Å². The third kappa shape index (κ3) is 12.5. The number of piperidine rings is 1. The molecule has 1 aromatic carbocycles. The summed E-state index contributed by atoms with van der Waals surface area (Å²) in [7, 11) is 2.00. The van der Waals surface area contributed by atoms with Crippen LogP contribution < -0.4 is 0 Å². The maximum Gasteiger partial charge on any atom is 0.306 e. The number of benzene rings is 1. The number of hydrogen-bond donors (Lipinski definition) is 1. The summed E-state index contributed by atoms with van der Waals surface area (Å²) >= 11 is 0. The number of aryl methyl sites for hydroxylation is 1. The van der Waals surface area contributed by atoms with Crippen molar-refractivity contribution in [2.75, 3.05) is 19.6 Å². The predicted molar refractivity (Wildman–Crippen MR) is 180 cm³/mol. The molecule has 1 aliphatic carbocycles. The zero-order valence-electron chi connectivity index (χ0n) is 27.8. The molecule has 0 radical (unpaired) electrons. The third-order valence-electron chi connectivity index (χ3n) is 9.11. The number of rotatable bonds is 10. The summed E-state index contributed by atoms with van der Waals surface area (Å²) in [5.41, 5.74) is 2.94. The second kappa shape index (κ2) is 19.8. The van der Waals surface area contributed by atoms with E-state index in [1.807, 2.05) is 32.5 Å². The van der Waals surface area contributed by atoms with Gasteiger partial charge >= 0.3 is 5.97 Å². The number of carboxylic acid groups (broad SMARTS) is 1. The highest BCUT2D eigenvalue weighted by atomic mass is 19.2. The first kappa shape index (κ1) is 39.5. The number of aliphatic carboxylic acids is 1. The summed E-state index contributed by atoms with van der Waals surface area (Å²) in [6, 6.07) is 6.25. The lowest BCUT2D eigenvalue weighted by molar-refractivity contribution is -0.143. The fraction of sp³-hybridized carbons (Fsp3) is 0.676. The fourth-order valence-electron chi connectivity index (χ4n) is 6.71. The van der Waals surface area contributed by atoms with E-state index in [9.17, 15) is 13.6 Å². The van der Waals surface area contributed by atoms with Gasteiger partial charge in [-0.3, -0.25) is 9.48 Å². The van der Waals surface area contributed by atoms with Gasteiger partial charge in [0.1, 0.15) is 0 Å². The van der Waals surface area contributed by atoms with Gasteiger partial charge in [0.25, 0.3) is 0 Å². The Bertz CT molecular complexity index is 1120. The zero-order chi connectivity index (χ0) is 32.1. The van der Waals surface area contributed by atoms with E-state index >= 15 is 0 Å². The molecule has 1 aliphatic heterocycles. The Hall–Kier alpha value is -2.54. The molecule has 0 amide bonds. The minimum atomic E-state index is -0.802. The topological polar surface area (TPSA) is 58.4 Å². The van der Waals surface area contributed by atoms with Crippen molar-refractivity contribution in [3.8, 4) is 0 Å². The second-order valence-electron chi connectivity index (χ2n) is 13.2. The highest BCUT2D eigenvalue weighted by Gasteiger charge is 2.32. The Morgan fingerprint density at radius 3 is 2.27 bits per heavy atom. The first-order valence-electron chi connectivity index (χ1n) is 16.4. The molecule has 7 heteroatoms. The molecule has 4 unspecified atom stereocenters. The van der Waals surface area contributed by atoms with Crippen LogP contribution in [0.5, 0.6) is 0 Å². The maximum atomic E-state index is 13.5. The molecule has 2 fully saturated rings. The first-order chi connectivity index (χ1) is 20.4. The summed E-state index contributed by atoms with van der Waals surface area (Å²) in [4.78, 5) is 13.3. The molecule has 0 bridgehead atoms. The molecule has 2 aliphatic rings. The molecule has 2 heterocycles. The van der Waals surface area contributed by atoms with Crippen molar-refractivity contribution in [3.05, 3.63) is 65.5 Å². The molecule has 5 nitrogen and oxygen atoms in total. The van der Waals surface area contributed by atoms with Crippen molar-refractivity contribution in [1.82, 2.24) is 14.7 Å². The number of hydrogen-bond acceptors (Lipinski definition) is 3. The Labute approximate surface area is 267 Å². The average Bonchev–Trinajstić information content (AvgIpc) is 3.46. The summed E-state index contributed by atoms with van der Waals surface area (Å²) in [5, 5.41) is 13.4. The molecular weight excluding hydrogens is 556 g/mol. The highest BCUT2D eigenvalue weighted by molar-refractivity contribution is 5.70. The maximum absolute atomic E-state index is 13.5. The summed E-state index contributed by atoms with van der Waals surface area (Å²) in [6.07, 6.45) is 10.3. The van der Waals surface area contributed by atoms with Crippen molar-refractivity contribution in [3.63, 3.8) is 0 Å². The number of nitrogens with zero attached hydrogens (tertiary/aromatic N) is 3. The fourth-order valence-corrected chi connectivity index (χ4v) is 6.71. The number of likely N-dealkylation sites (tertiary alicyclic amines) is 1. The Kier molecular flexibility index (Phi) is 17.7. The van der Waals surface area contributed by atoms with E-state index in [1.165, 1.54) is 50.1 Å². The van der Waals surface area contributed by atoms with Crippen molar-refractivity contribution in [2.45, 2.75) is 106 Å². The summed E-state index contributed by atoms with van der Waals surface area (Å²) < 4.78 is 28.6. The van der Waals surface area contributed by atoms with Gasteiger partial charge in [-0.15, -0.1) is 6.58 Å². The van der Waals surface area contributed by atoms with Gasteiger partial charge < -0.3 is 10.0 Å². The molecule has 1 aromatic heterocycles. The number of aromatic nitrogens is 2. The van der Waals surface area contributed by atoms with Gasteiger partial charge in [0.2, 0.25) is 0 Å². The lowest BCUT2D eigenvalue weighted by Crippen LogP contribution is -2.37. The summed E-state index contributed by atoms with van der Waals surface area (Å²) in [6.45, 7) is 19.7. The first-order valence-corrected chi connectivity index (χ1v) is 16.4. The van der Waals surface area contributed by atoms with Gasteiger partial charge in [0.05, 0.1) is 11.6 Å². The quantitative estimate of drug-likeness (QED) is 0.270. The number of carbonyl (C=O) groups is 1. The Morgan fingerprint density at radius 1 is 1.14 bits per heavy atom. The van der Waals surface area contributed by atoms with E-state index in [0.29, 0.717) is 12.3 Å². The van der Waals surface area contributed by atoms with Crippen molar-refractivity contribution >= 4 is 5.97 Å². The predicted octanol–water partition coefficient (Wildman–Crippen LogP) is 9.51. The van der Waals surface area contributed by atoms with Crippen LogP contribution in [0.2, 0.25) is 0 Å². The van der Waals surface area contributed by atoms with Crippen LogP contribution in [-0.4, -0.2) is 45.4 Å². The van der Waals surface area contributed by atoms with Crippen molar-refractivity contribution in [2.24, 2.45) is 36.6 Å². The second-order valence-corrected chi connectivity index (χ2v) is 13.2. The number of unbranched alkanes of at least 4 members (excludes halogenated alkanes) is 1. The zero-order valence-corrected chi connectivity index (χ0v) is 27.8. The Morgan fingerprint density at radius 2 is 1.77 bits per heavy atom. The minimum absolute atomic E-state index is 0. The molecule has 250 valence electrons. The van der Waals surface area contributed by atoms with Crippen LogP contribution in [-0.2, 0) is 18.3 Å². The molecule has 0 spiro atoms. The van der Waals surface area contributed by atoms with Crippen molar-refractivity contribution < 1.29 is 18.7 Å². The van der Waals surface area contributed by atoms with Crippen LogP contribution in [0.15, 0.2) is 36.9 Å². The van der Waals surface area contributed by atoms with Gasteiger partial charge in [-0.05, 0) is 99.6 Å². The molecule has 4 atom stereocenters. The molecule has 1 N–H and O–H groups in total. The van der Waals surface area contributed by atoms with Crippen LogP contribution >= 0.6 is 0 Å². The van der Waals surface area contributed by atoms with E-state index in [0.717, 1.165) is 61.4 Å². The van der Waals surface area contributed by atoms with E-state index in [1.54, 1.807) is 12.1 Å². The molecule has 44 heavy (non-hydrogen) atoms. The number of carboxylic acids is 1. The van der Waals surface area contributed by atoms with E-state index < -0.39 is 17.6 Å². The van der Waals surface area contributed by atoms with E-state index in [4.69, 9.17) is 5.11 Å². The molecule has 2 aromatic rings. The highest BCUT2D eigenvalue weighted by Crippen LogP contribution is 2.37. The number of halogens is 2. The van der Waals surface area contributed by atoms with Gasteiger partial charge in [-0.25, -0.2) is 8.78 Å². The van der Waals surface area contributed by atoms with Gasteiger partial charge in [0, 0.05) is 31.6 Å². The van der Waals surface area contributed by atoms with E-state index in [2.05, 4.69) is 43.4 Å². The van der Waals surface area contributed by atoms with Crippen molar-refractivity contribution in [1.29, 1.82) is 0 Å². The van der Waals surface area contributed by atoms with Crippen LogP contribution in [0.3, 0.4) is 0 Å². The van der Waals surface area contributed by atoms with Crippen LogP contribution in [0, 0.1) is 41.2 Å². The molecule has 1 saturated heterocycles. The number of allylic oxidation sites excluding steroid dienone is 1. The summed E-state index contributed by atoms with van der Waals surface area (Å²) in [5.74, 6) is 1.01. The standard InChI is InChI=1S/C24H33F2N3.C9H18O2.C3H6.CH4/c1-16-10-17(2)20(11-16)15-29-8-6-19(7-9-29)24-14-21(27-28(24)3)12-18-4-5-22(25)23(26)13-18;1-4-5-6-8(7(2)3)9(10)11;1-3-2;/h4-5,13-14,16-17,19-20H,6-12,15H2,1-3H3;7-8H,4-6H2,1-3H3,(H,10,11);3H,1H2,2H3;1H4. The largest absolute Gasteiger partial charge is 0.481 e. The minimum Gasteiger partial charge on any atom is -0.481 e. The van der Waals surface area contributed by atoms with Gasteiger partial charge in [-0.1, -0.05) is 67.0 Å². The van der Waals surface area contributed by atoms with Gasteiger partial charge in [0.15, 0.2) is 11.6 Å². The lowest BCUT2D eigenvalue weighted by Gasteiger charge is -2.34. The SMILES string of the molecule is C.C=CC.CC1CC(C)C(CN2CCC(c3cc(Cc4ccc(F)c(F)c4)nn3C)CC2)C1.CCCCC(C(=O)O)C(C)C. The van der Waals surface area contributed by atoms with Crippen LogP contribution in [0.4, 0.5) is 8.78 Å². The molecule has 1 saturated carbocycles. The smallest absolute Gasteiger partial charge is 0.306 e. The normalized spacial score (nSPS) is 21.0. The molecule has 4 rings (SSSR count). The monoisotopic (exact) mass is 617 g/mol. The van der Waals surface area contributed by atoms with Gasteiger partial charge in [-0.2, -0.15) is 5.10 Å². The van der Waals surface area contributed by atoms with E-state index in [-0.39, 0.29) is 19.3 Å². The average molecular weight is 618 g/mol. The third-order valence-corrected chi connectivity index (χ3v) is 9.11. The lowest BCUT2D eigenvalue weighted by atomic mass is 9.91. The Balaban J connectivity index is 0.000000547. The van der Waals surface area contributed by atoms with Crippen LogP contribution in [0.1, 0.15) is 117 Å². The molecular formula is C37H61F2N3O2.